The molecule has 5 aromatic rings. The normalized spacial score (nSPS) is 11.4. The van der Waals surface area contributed by atoms with Crippen LogP contribution in [0, 0.1) is 13.8 Å². The Bertz CT molecular complexity index is 1640. The van der Waals surface area contributed by atoms with Crippen molar-refractivity contribution in [3.05, 3.63) is 120 Å². The number of benzene rings is 4. The minimum absolute atomic E-state index is 0.0904. The van der Waals surface area contributed by atoms with Gasteiger partial charge in [-0.2, -0.15) is 0 Å². The molecule has 0 saturated carbocycles. The first-order valence-corrected chi connectivity index (χ1v) is 12.7. The van der Waals surface area contributed by atoms with Crippen LogP contribution in [0.25, 0.3) is 28.2 Å². The van der Waals surface area contributed by atoms with Crippen molar-refractivity contribution in [3.8, 4) is 34.0 Å². The Labute approximate surface area is 229 Å². The average Bonchev–Trinajstić information content (AvgIpc) is 3.43. The molecule has 5 nitrogen and oxygen atoms in total. The Kier molecular flexibility index (Phi) is 7.51. The summed E-state index contributed by atoms with van der Waals surface area (Å²) in [6.45, 7) is 4.10. The number of nitrogens with zero attached hydrogens (tertiary/aromatic N) is 3. The van der Waals surface area contributed by atoms with Gasteiger partial charge in [-0.1, -0.05) is 72.3 Å². The van der Waals surface area contributed by atoms with Crippen molar-refractivity contribution in [2.75, 3.05) is 0 Å². The molecule has 0 atom stereocenters. The van der Waals surface area contributed by atoms with Crippen LogP contribution >= 0.6 is 0 Å². The van der Waals surface area contributed by atoms with E-state index in [1.165, 1.54) is 35.3 Å². The molecule has 5 rings (SSSR count). The van der Waals surface area contributed by atoms with Gasteiger partial charge in [-0.25, -0.2) is 9.67 Å². The highest BCUT2D eigenvalue weighted by molar-refractivity contribution is 6.02. The molecule has 0 amide bonds. The molecular weight excluding hydrogens is 515 g/mol. The van der Waals surface area contributed by atoms with Gasteiger partial charge in [0.05, 0.1) is 5.69 Å². The van der Waals surface area contributed by atoms with Crippen LogP contribution in [0.1, 0.15) is 33.5 Å². The van der Waals surface area contributed by atoms with Crippen molar-refractivity contribution in [2.45, 2.75) is 33.1 Å². The summed E-state index contributed by atoms with van der Waals surface area (Å²) in [5, 5.41) is 4.44. The highest BCUT2D eigenvalue weighted by atomic mass is 19.4. The number of Topliss-reactive ketones (excluding diaryl/α,β-unsaturated/α-hetero) is 1. The molecule has 0 unspecified atom stereocenters. The van der Waals surface area contributed by atoms with Gasteiger partial charge in [0.25, 0.3) is 0 Å². The van der Waals surface area contributed by atoms with Crippen LogP contribution in [0.4, 0.5) is 13.2 Å². The number of ether oxygens (including phenoxy) is 1. The summed E-state index contributed by atoms with van der Waals surface area (Å²) in [7, 11) is 0. The van der Waals surface area contributed by atoms with Gasteiger partial charge < -0.3 is 4.74 Å². The molecule has 1 aromatic heterocycles. The smallest absolute Gasteiger partial charge is 0.406 e. The predicted octanol–water partition coefficient (Wildman–Crippen LogP) is 7.93. The van der Waals surface area contributed by atoms with Crippen molar-refractivity contribution in [3.63, 3.8) is 0 Å². The van der Waals surface area contributed by atoms with Gasteiger partial charge >= 0.3 is 6.36 Å². The standard InChI is InChI=1S/C32H26F3N3O2/c1-21-7-8-22(2)29(19-21)27-5-3-4-6-28(27)30(39)18-11-23-9-12-24(13-10-23)31-36-20-38(37-31)25-14-16-26(17-15-25)40-32(33,34)35/h3-10,12-17,19-20H,11,18H2,1-2H3. The first-order valence-electron chi connectivity index (χ1n) is 12.7. The number of carbonyl (C=O) groups is 1. The first kappa shape index (κ1) is 26.9. The number of alkyl halides is 3. The van der Waals surface area contributed by atoms with Crippen LogP contribution in [0.2, 0.25) is 0 Å². The quantitative estimate of drug-likeness (QED) is 0.187. The molecule has 0 spiro atoms. The topological polar surface area (TPSA) is 57.0 Å². The van der Waals surface area contributed by atoms with Crippen LogP contribution in [-0.2, 0) is 6.42 Å². The van der Waals surface area contributed by atoms with Crippen molar-refractivity contribution in [2.24, 2.45) is 0 Å². The highest BCUT2D eigenvalue weighted by Gasteiger charge is 2.31. The maximum absolute atomic E-state index is 13.2. The molecule has 0 radical (unpaired) electrons. The Morgan fingerprint density at radius 1 is 0.875 bits per heavy atom. The van der Waals surface area contributed by atoms with Gasteiger partial charge in [0, 0.05) is 17.5 Å². The SMILES string of the molecule is Cc1ccc(C)c(-c2ccccc2C(=O)CCc2ccc(-c3ncn(-c4ccc(OC(F)(F)F)cc4)n3)cc2)c1. The predicted molar refractivity (Wildman–Crippen MR) is 147 cm³/mol. The van der Waals surface area contributed by atoms with Crippen molar-refractivity contribution in [1.82, 2.24) is 14.8 Å². The van der Waals surface area contributed by atoms with E-state index in [9.17, 15) is 18.0 Å². The molecule has 8 heteroatoms. The Morgan fingerprint density at radius 3 is 2.33 bits per heavy atom. The number of hydrogen-bond acceptors (Lipinski definition) is 4. The number of halogens is 3. The van der Waals surface area contributed by atoms with Gasteiger partial charge in [0.15, 0.2) is 11.6 Å². The summed E-state index contributed by atoms with van der Waals surface area (Å²) in [6, 6.07) is 27.1. The third-order valence-corrected chi connectivity index (χ3v) is 6.59. The van der Waals surface area contributed by atoms with Gasteiger partial charge in [0.1, 0.15) is 12.1 Å². The third kappa shape index (κ3) is 6.29. The number of aromatic nitrogens is 3. The fraction of sp³-hybridized carbons (Fsp3) is 0.156. The number of carbonyl (C=O) groups excluding carboxylic acids is 1. The summed E-state index contributed by atoms with van der Waals surface area (Å²) in [5.41, 5.74) is 7.37. The minimum Gasteiger partial charge on any atom is -0.406 e. The Morgan fingerprint density at radius 2 is 1.60 bits per heavy atom. The van der Waals surface area contributed by atoms with E-state index in [4.69, 9.17) is 0 Å². The second-order valence-electron chi connectivity index (χ2n) is 9.54. The zero-order valence-electron chi connectivity index (χ0n) is 21.9. The van der Waals surface area contributed by atoms with Crippen LogP contribution in [0.3, 0.4) is 0 Å². The maximum Gasteiger partial charge on any atom is 0.573 e. The van der Waals surface area contributed by atoms with Crippen LogP contribution in [0.5, 0.6) is 5.75 Å². The second-order valence-corrected chi connectivity index (χ2v) is 9.54. The summed E-state index contributed by atoms with van der Waals surface area (Å²) >= 11 is 0. The minimum atomic E-state index is -4.74. The highest BCUT2D eigenvalue weighted by Crippen LogP contribution is 2.29. The molecule has 0 aliphatic carbocycles. The van der Waals surface area contributed by atoms with Gasteiger partial charge in [-0.05, 0) is 66.8 Å². The summed E-state index contributed by atoms with van der Waals surface area (Å²) in [4.78, 5) is 17.6. The van der Waals surface area contributed by atoms with Crippen LogP contribution in [-0.4, -0.2) is 26.9 Å². The number of aryl methyl sites for hydroxylation is 3. The Hall–Kier alpha value is -4.72. The number of hydrogen-bond donors (Lipinski definition) is 0. The van der Waals surface area contributed by atoms with E-state index < -0.39 is 6.36 Å². The fourth-order valence-corrected chi connectivity index (χ4v) is 4.52. The van der Waals surface area contributed by atoms with E-state index in [0.717, 1.165) is 38.9 Å². The molecule has 1 heterocycles. The van der Waals surface area contributed by atoms with Crippen molar-refractivity contribution >= 4 is 5.78 Å². The van der Waals surface area contributed by atoms with E-state index in [0.29, 0.717) is 24.4 Å². The summed E-state index contributed by atoms with van der Waals surface area (Å²) < 4.78 is 42.6. The van der Waals surface area contributed by atoms with Crippen molar-refractivity contribution in [1.29, 1.82) is 0 Å². The summed E-state index contributed by atoms with van der Waals surface area (Å²) in [6.07, 6.45) is -2.28. The molecule has 0 fully saturated rings. The van der Waals surface area contributed by atoms with E-state index in [-0.39, 0.29) is 11.5 Å². The van der Waals surface area contributed by atoms with E-state index >= 15 is 0 Å². The van der Waals surface area contributed by atoms with Crippen LogP contribution < -0.4 is 4.74 Å². The van der Waals surface area contributed by atoms with Gasteiger partial charge in [-0.15, -0.1) is 18.3 Å². The molecule has 202 valence electrons. The monoisotopic (exact) mass is 541 g/mol. The molecular formula is C32H26F3N3O2. The molecule has 40 heavy (non-hydrogen) atoms. The summed E-state index contributed by atoms with van der Waals surface area (Å²) in [5.74, 6) is 0.257. The van der Waals surface area contributed by atoms with Gasteiger partial charge in [-0.3, -0.25) is 4.79 Å². The lowest BCUT2D eigenvalue weighted by Crippen LogP contribution is -2.17. The number of rotatable bonds is 8. The number of ketones is 1. The van der Waals surface area contributed by atoms with E-state index in [2.05, 4.69) is 39.9 Å². The second kappa shape index (κ2) is 11.2. The average molecular weight is 542 g/mol. The molecule has 4 aromatic carbocycles. The molecule has 0 saturated heterocycles. The lowest BCUT2D eigenvalue weighted by atomic mass is 9.91. The first-order chi connectivity index (χ1) is 19.2. The largest absolute Gasteiger partial charge is 0.573 e. The molecule has 0 aliphatic rings. The van der Waals surface area contributed by atoms with E-state index in [1.807, 2.05) is 55.5 Å². The van der Waals surface area contributed by atoms with Gasteiger partial charge in [0.2, 0.25) is 0 Å². The third-order valence-electron chi connectivity index (χ3n) is 6.59. The van der Waals surface area contributed by atoms with E-state index in [1.54, 1.807) is 0 Å². The Balaban J connectivity index is 1.25. The zero-order chi connectivity index (χ0) is 28.3. The van der Waals surface area contributed by atoms with Crippen LogP contribution in [0.15, 0.2) is 97.3 Å². The van der Waals surface area contributed by atoms with Crippen molar-refractivity contribution < 1.29 is 22.7 Å². The molecule has 0 bridgehead atoms. The zero-order valence-corrected chi connectivity index (χ0v) is 21.9. The molecule has 0 aliphatic heterocycles. The molecule has 0 N–H and O–H groups in total. The fourth-order valence-electron chi connectivity index (χ4n) is 4.52. The maximum atomic E-state index is 13.2. The lowest BCUT2D eigenvalue weighted by Gasteiger charge is -2.12. The lowest BCUT2D eigenvalue weighted by molar-refractivity contribution is -0.274.